The van der Waals surface area contributed by atoms with Crippen LogP contribution in [0, 0.1) is 0 Å². The SMILES string of the molecule is CCOc1ccccc1NC(=O)C(OC(=O)CCn1nc(-c2cccs2)oc1=O)c1ccccc1. The molecule has 2 heterocycles. The van der Waals surface area contributed by atoms with Crippen LogP contribution in [0.25, 0.3) is 10.8 Å². The molecule has 0 aliphatic carbocycles. The average molecular weight is 494 g/mol. The molecule has 0 spiro atoms. The highest BCUT2D eigenvalue weighted by Crippen LogP contribution is 2.27. The predicted octanol–water partition coefficient (Wildman–Crippen LogP) is 4.28. The summed E-state index contributed by atoms with van der Waals surface area (Å²) in [4.78, 5) is 38.6. The minimum atomic E-state index is -1.20. The molecule has 4 aromatic rings. The lowest BCUT2D eigenvalue weighted by atomic mass is 10.1. The minimum absolute atomic E-state index is 0.0527. The zero-order valence-electron chi connectivity index (χ0n) is 18.9. The molecule has 1 amide bonds. The number of ether oxygens (including phenoxy) is 2. The third-order valence-corrected chi connectivity index (χ3v) is 5.76. The van der Waals surface area contributed by atoms with Crippen molar-refractivity contribution in [1.82, 2.24) is 9.78 Å². The zero-order valence-corrected chi connectivity index (χ0v) is 19.7. The summed E-state index contributed by atoms with van der Waals surface area (Å²) in [5.41, 5.74) is 0.970. The fourth-order valence-electron chi connectivity index (χ4n) is 3.29. The number of aromatic nitrogens is 2. The van der Waals surface area contributed by atoms with Gasteiger partial charge in [0.25, 0.3) is 11.8 Å². The number of anilines is 1. The quantitative estimate of drug-likeness (QED) is 0.328. The first-order valence-electron chi connectivity index (χ1n) is 10.9. The standard InChI is InChI=1S/C25H23N3O6S/c1-2-32-19-12-7-6-11-18(19)26-23(30)22(17-9-4-3-5-10-17)33-21(29)14-15-28-25(31)34-24(27-28)20-13-8-16-35-20/h3-13,16,22H,2,14-15H2,1H3,(H,26,30). The number of hydrogen-bond donors (Lipinski definition) is 1. The Morgan fingerprint density at radius 3 is 2.60 bits per heavy atom. The van der Waals surface area contributed by atoms with Crippen LogP contribution in [0.3, 0.4) is 0 Å². The van der Waals surface area contributed by atoms with Crippen LogP contribution in [-0.4, -0.2) is 28.3 Å². The summed E-state index contributed by atoms with van der Waals surface area (Å²) in [6.07, 6.45) is -1.38. The van der Waals surface area contributed by atoms with Gasteiger partial charge in [0.2, 0.25) is 6.10 Å². The lowest BCUT2D eigenvalue weighted by Gasteiger charge is -2.19. The van der Waals surface area contributed by atoms with Crippen molar-refractivity contribution in [3.05, 3.63) is 88.2 Å². The van der Waals surface area contributed by atoms with Crippen molar-refractivity contribution < 1.29 is 23.5 Å². The summed E-state index contributed by atoms with van der Waals surface area (Å²) in [7, 11) is 0. The Balaban J connectivity index is 1.46. The molecule has 180 valence electrons. The van der Waals surface area contributed by atoms with Crippen molar-refractivity contribution in [3.8, 4) is 16.5 Å². The first-order valence-corrected chi connectivity index (χ1v) is 11.8. The smallest absolute Gasteiger partial charge is 0.437 e. The van der Waals surface area contributed by atoms with Gasteiger partial charge in [-0.3, -0.25) is 9.59 Å². The molecule has 0 radical (unpaired) electrons. The van der Waals surface area contributed by atoms with Crippen LogP contribution in [0.15, 0.2) is 81.3 Å². The molecule has 0 bridgehead atoms. The number of rotatable bonds is 10. The number of amides is 1. The van der Waals surface area contributed by atoms with Crippen molar-refractivity contribution in [2.75, 3.05) is 11.9 Å². The number of carbonyl (C=O) groups is 2. The van der Waals surface area contributed by atoms with Gasteiger partial charge in [0, 0.05) is 5.56 Å². The monoisotopic (exact) mass is 493 g/mol. The van der Waals surface area contributed by atoms with E-state index in [1.54, 1.807) is 60.7 Å². The molecule has 2 aromatic heterocycles. The fraction of sp³-hybridized carbons (Fsp3) is 0.200. The van der Waals surface area contributed by atoms with Gasteiger partial charge in [-0.15, -0.1) is 16.4 Å². The van der Waals surface area contributed by atoms with Crippen LogP contribution in [0.2, 0.25) is 0 Å². The van der Waals surface area contributed by atoms with E-state index in [0.29, 0.717) is 28.5 Å². The van der Waals surface area contributed by atoms with Gasteiger partial charge in [-0.25, -0.2) is 4.79 Å². The summed E-state index contributed by atoms with van der Waals surface area (Å²) in [6.45, 7) is 2.22. The second-order valence-corrected chi connectivity index (χ2v) is 8.27. The Kier molecular flexibility index (Phi) is 7.74. The van der Waals surface area contributed by atoms with Crippen LogP contribution >= 0.6 is 11.3 Å². The number of hydrogen-bond acceptors (Lipinski definition) is 8. The molecular formula is C25H23N3O6S. The molecule has 35 heavy (non-hydrogen) atoms. The number of nitrogens with one attached hydrogen (secondary N) is 1. The third kappa shape index (κ3) is 6.04. The van der Waals surface area contributed by atoms with Crippen molar-refractivity contribution in [3.63, 3.8) is 0 Å². The van der Waals surface area contributed by atoms with E-state index >= 15 is 0 Å². The van der Waals surface area contributed by atoms with E-state index in [9.17, 15) is 14.4 Å². The second-order valence-electron chi connectivity index (χ2n) is 7.32. The minimum Gasteiger partial charge on any atom is -0.492 e. The van der Waals surface area contributed by atoms with E-state index in [2.05, 4.69) is 10.4 Å². The first kappa shape index (κ1) is 24.0. The highest BCUT2D eigenvalue weighted by atomic mass is 32.1. The maximum absolute atomic E-state index is 13.1. The normalized spacial score (nSPS) is 11.6. The highest BCUT2D eigenvalue weighted by molar-refractivity contribution is 7.13. The summed E-state index contributed by atoms with van der Waals surface area (Å²) in [5, 5.41) is 8.75. The fourth-order valence-corrected chi connectivity index (χ4v) is 3.93. The van der Waals surface area contributed by atoms with E-state index in [0.717, 1.165) is 4.68 Å². The van der Waals surface area contributed by atoms with Crippen LogP contribution in [-0.2, 0) is 20.9 Å². The van der Waals surface area contributed by atoms with E-state index in [-0.39, 0.29) is 18.9 Å². The molecule has 4 rings (SSSR count). The summed E-state index contributed by atoms with van der Waals surface area (Å²) >= 11 is 1.38. The maximum atomic E-state index is 13.1. The Bertz CT molecular complexity index is 1330. The van der Waals surface area contributed by atoms with Gasteiger partial charge >= 0.3 is 11.7 Å². The van der Waals surface area contributed by atoms with Crippen LogP contribution in [0.1, 0.15) is 25.0 Å². The van der Waals surface area contributed by atoms with E-state index in [4.69, 9.17) is 13.9 Å². The summed E-state index contributed by atoms with van der Waals surface area (Å²) < 4.78 is 17.3. The molecule has 1 N–H and O–H groups in total. The number of esters is 1. The van der Waals surface area contributed by atoms with E-state index in [1.807, 2.05) is 18.4 Å². The van der Waals surface area contributed by atoms with Gasteiger partial charge in [-0.1, -0.05) is 48.5 Å². The van der Waals surface area contributed by atoms with Crippen LogP contribution in [0.5, 0.6) is 5.75 Å². The number of aryl methyl sites for hydroxylation is 1. The molecule has 0 saturated heterocycles. The van der Waals surface area contributed by atoms with Gasteiger partial charge in [0.1, 0.15) is 5.75 Å². The van der Waals surface area contributed by atoms with Crippen LogP contribution in [0.4, 0.5) is 5.69 Å². The molecule has 10 heteroatoms. The van der Waals surface area contributed by atoms with E-state index in [1.165, 1.54) is 11.3 Å². The Morgan fingerprint density at radius 2 is 1.86 bits per heavy atom. The van der Waals surface area contributed by atoms with E-state index < -0.39 is 23.7 Å². The number of para-hydroxylation sites is 2. The van der Waals surface area contributed by atoms with Crippen molar-refractivity contribution in [2.45, 2.75) is 26.0 Å². The Labute approximate surface area is 204 Å². The van der Waals surface area contributed by atoms with Crippen molar-refractivity contribution in [1.29, 1.82) is 0 Å². The zero-order chi connectivity index (χ0) is 24.6. The lowest BCUT2D eigenvalue weighted by Crippen LogP contribution is -2.27. The molecule has 0 aliphatic heterocycles. The molecule has 0 saturated carbocycles. The molecule has 1 unspecified atom stereocenters. The number of thiophene rings is 1. The van der Waals surface area contributed by atoms with Gasteiger partial charge in [-0.2, -0.15) is 4.68 Å². The van der Waals surface area contributed by atoms with Crippen molar-refractivity contribution >= 4 is 28.9 Å². The van der Waals surface area contributed by atoms with Gasteiger partial charge in [-0.05, 0) is 30.5 Å². The van der Waals surface area contributed by atoms with Gasteiger partial charge in [0.05, 0.1) is 30.1 Å². The second kappa shape index (κ2) is 11.3. The topological polar surface area (TPSA) is 113 Å². The number of carbonyl (C=O) groups excluding carboxylic acids is 2. The largest absolute Gasteiger partial charge is 0.492 e. The van der Waals surface area contributed by atoms with Crippen LogP contribution < -0.4 is 15.8 Å². The molecule has 2 aromatic carbocycles. The number of benzene rings is 2. The highest BCUT2D eigenvalue weighted by Gasteiger charge is 2.26. The number of nitrogens with zero attached hydrogens (tertiary/aromatic N) is 2. The molecule has 1 atom stereocenters. The molecule has 0 aliphatic rings. The van der Waals surface area contributed by atoms with Crippen molar-refractivity contribution in [2.24, 2.45) is 0 Å². The maximum Gasteiger partial charge on any atom is 0.437 e. The Morgan fingerprint density at radius 1 is 1.09 bits per heavy atom. The average Bonchev–Trinajstić information content (AvgIpc) is 3.53. The predicted molar refractivity (Wildman–Crippen MR) is 130 cm³/mol. The Hall–Kier alpha value is -4.18. The summed E-state index contributed by atoms with van der Waals surface area (Å²) in [6, 6.07) is 19.3. The summed E-state index contributed by atoms with van der Waals surface area (Å²) in [5.74, 6) is -1.18. The van der Waals surface area contributed by atoms with Gasteiger partial charge < -0.3 is 19.2 Å². The van der Waals surface area contributed by atoms with Gasteiger partial charge in [0.15, 0.2) is 0 Å². The molecular weight excluding hydrogens is 470 g/mol. The first-order chi connectivity index (χ1) is 17.0. The lowest BCUT2D eigenvalue weighted by molar-refractivity contribution is -0.155. The molecule has 0 fully saturated rings. The molecule has 9 nitrogen and oxygen atoms in total. The third-order valence-electron chi connectivity index (χ3n) is 4.90.